The summed E-state index contributed by atoms with van der Waals surface area (Å²) in [6, 6.07) is 7.97. The van der Waals surface area contributed by atoms with Crippen molar-refractivity contribution < 1.29 is 5.11 Å². The molecule has 2 aromatic rings. The van der Waals surface area contributed by atoms with Crippen molar-refractivity contribution in [3.05, 3.63) is 35.7 Å². The monoisotopic (exact) mass is 301 g/mol. The number of nitrogens with one attached hydrogen (secondary N) is 2. The number of hydrogen-bond acceptors (Lipinski definition) is 6. The van der Waals surface area contributed by atoms with E-state index in [9.17, 15) is 5.11 Å². The topological polar surface area (TPSA) is 83.0 Å². The highest BCUT2D eigenvalue weighted by molar-refractivity contribution is 5.54. The van der Waals surface area contributed by atoms with Gasteiger partial charge in [0.15, 0.2) is 0 Å². The van der Waals surface area contributed by atoms with E-state index < -0.39 is 0 Å². The van der Waals surface area contributed by atoms with Gasteiger partial charge in [-0.3, -0.25) is 0 Å². The van der Waals surface area contributed by atoms with Gasteiger partial charge in [0.2, 0.25) is 11.9 Å². The maximum atomic E-state index is 9.37. The molecular weight excluding hydrogens is 278 g/mol. The molecule has 0 saturated carbocycles. The SMILES string of the molecule is CCC[C@H](CO)Nc1nc(C)nc(Nc2ccc(C)cc2)n1. The number of aliphatic hydroxyl groups is 1. The third-order valence-electron chi connectivity index (χ3n) is 3.25. The van der Waals surface area contributed by atoms with Gasteiger partial charge in [-0.05, 0) is 32.4 Å². The first kappa shape index (κ1) is 16.2. The van der Waals surface area contributed by atoms with Crippen LogP contribution in [-0.4, -0.2) is 32.7 Å². The number of rotatable bonds is 7. The van der Waals surface area contributed by atoms with Crippen molar-refractivity contribution in [3.63, 3.8) is 0 Å². The number of nitrogens with zero attached hydrogens (tertiary/aromatic N) is 3. The lowest BCUT2D eigenvalue weighted by Gasteiger charge is -2.16. The second-order valence-electron chi connectivity index (χ2n) is 5.33. The first-order chi connectivity index (χ1) is 10.6. The number of anilines is 3. The summed E-state index contributed by atoms with van der Waals surface area (Å²) in [5.41, 5.74) is 2.12. The van der Waals surface area contributed by atoms with Crippen LogP contribution in [0.25, 0.3) is 0 Å². The molecule has 0 aliphatic rings. The van der Waals surface area contributed by atoms with Crippen LogP contribution in [0.2, 0.25) is 0 Å². The molecule has 0 aliphatic heterocycles. The first-order valence-corrected chi connectivity index (χ1v) is 7.54. The normalized spacial score (nSPS) is 12.0. The van der Waals surface area contributed by atoms with E-state index in [0.29, 0.717) is 17.7 Å². The summed E-state index contributed by atoms with van der Waals surface area (Å²) >= 11 is 0. The lowest BCUT2D eigenvalue weighted by atomic mass is 10.2. The Labute approximate surface area is 131 Å². The minimum Gasteiger partial charge on any atom is -0.394 e. The Kier molecular flexibility index (Phi) is 5.66. The molecule has 0 radical (unpaired) electrons. The lowest BCUT2D eigenvalue weighted by molar-refractivity contribution is 0.268. The van der Waals surface area contributed by atoms with Crippen LogP contribution in [0.1, 0.15) is 31.2 Å². The van der Waals surface area contributed by atoms with Gasteiger partial charge in [0.1, 0.15) is 5.82 Å². The van der Waals surface area contributed by atoms with Crippen molar-refractivity contribution in [2.24, 2.45) is 0 Å². The van der Waals surface area contributed by atoms with Gasteiger partial charge in [0.05, 0.1) is 12.6 Å². The fourth-order valence-corrected chi connectivity index (χ4v) is 2.11. The van der Waals surface area contributed by atoms with Gasteiger partial charge in [-0.15, -0.1) is 0 Å². The van der Waals surface area contributed by atoms with E-state index in [1.54, 1.807) is 0 Å². The van der Waals surface area contributed by atoms with E-state index in [1.807, 2.05) is 38.1 Å². The third kappa shape index (κ3) is 4.66. The molecule has 1 aromatic carbocycles. The molecule has 0 fully saturated rings. The molecule has 0 unspecified atom stereocenters. The second-order valence-corrected chi connectivity index (χ2v) is 5.33. The molecule has 0 spiro atoms. The molecule has 0 saturated heterocycles. The zero-order valence-electron chi connectivity index (χ0n) is 13.3. The summed E-state index contributed by atoms with van der Waals surface area (Å²) in [6.45, 7) is 6.00. The maximum Gasteiger partial charge on any atom is 0.232 e. The highest BCUT2D eigenvalue weighted by atomic mass is 16.3. The maximum absolute atomic E-state index is 9.37. The molecule has 0 bridgehead atoms. The minimum absolute atomic E-state index is 0.0426. The molecule has 0 aliphatic carbocycles. The largest absolute Gasteiger partial charge is 0.394 e. The van der Waals surface area contributed by atoms with E-state index in [2.05, 4.69) is 32.5 Å². The summed E-state index contributed by atoms with van der Waals surface area (Å²) in [6.07, 6.45) is 1.85. The molecule has 22 heavy (non-hydrogen) atoms. The van der Waals surface area contributed by atoms with Crippen molar-refractivity contribution in [3.8, 4) is 0 Å². The smallest absolute Gasteiger partial charge is 0.232 e. The second kappa shape index (κ2) is 7.70. The first-order valence-electron chi connectivity index (χ1n) is 7.54. The Hall–Kier alpha value is -2.21. The van der Waals surface area contributed by atoms with Crippen LogP contribution in [0, 0.1) is 13.8 Å². The number of benzene rings is 1. The van der Waals surface area contributed by atoms with Crippen LogP contribution in [-0.2, 0) is 0 Å². The highest BCUT2D eigenvalue weighted by Crippen LogP contribution is 2.15. The Morgan fingerprint density at radius 1 is 1.05 bits per heavy atom. The van der Waals surface area contributed by atoms with Crippen LogP contribution < -0.4 is 10.6 Å². The molecule has 2 rings (SSSR count). The van der Waals surface area contributed by atoms with Gasteiger partial charge in [0, 0.05) is 5.69 Å². The molecule has 6 nitrogen and oxygen atoms in total. The average Bonchev–Trinajstić information content (AvgIpc) is 2.48. The minimum atomic E-state index is -0.0426. The summed E-state index contributed by atoms with van der Waals surface area (Å²) in [7, 11) is 0. The van der Waals surface area contributed by atoms with E-state index in [1.165, 1.54) is 5.56 Å². The Balaban J connectivity index is 2.13. The number of aromatic nitrogens is 3. The fourth-order valence-electron chi connectivity index (χ4n) is 2.11. The van der Waals surface area contributed by atoms with Crippen molar-refractivity contribution in [2.75, 3.05) is 17.2 Å². The van der Waals surface area contributed by atoms with Crippen molar-refractivity contribution >= 4 is 17.6 Å². The molecular formula is C16H23N5O. The van der Waals surface area contributed by atoms with E-state index >= 15 is 0 Å². The van der Waals surface area contributed by atoms with Gasteiger partial charge in [-0.25, -0.2) is 0 Å². The number of aliphatic hydroxyl groups excluding tert-OH is 1. The highest BCUT2D eigenvalue weighted by Gasteiger charge is 2.10. The van der Waals surface area contributed by atoms with E-state index in [4.69, 9.17) is 0 Å². The van der Waals surface area contributed by atoms with Crippen molar-refractivity contribution in [2.45, 2.75) is 39.7 Å². The quantitative estimate of drug-likeness (QED) is 0.729. The van der Waals surface area contributed by atoms with Crippen LogP contribution in [0.15, 0.2) is 24.3 Å². The van der Waals surface area contributed by atoms with E-state index in [0.717, 1.165) is 18.5 Å². The van der Waals surface area contributed by atoms with Gasteiger partial charge in [-0.1, -0.05) is 31.0 Å². The van der Waals surface area contributed by atoms with Crippen LogP contribution >= 0.6 is 0 Å². The number of aryl methyl sites for hydroxylation is 2. The predicted octanol–water partition coefficient (Wildman–Crippen LogP) is 2.80. The lowest BCUT2D eigenvalue weighted by Crippen LogP contribution is -2.25. The average molecular weight is 301 g/mol. The Bertz CT molecular complexity index is 600. The zero-order chi connectivity index (χ0) is 15.9. The molecule has 1 aromatic heterocycles. The van der Waals surface area contributed by atoms with Gasteiger partial charge in [-0.2, -0.15) is 15.0 Å². The van der Waals surface area contributed by atoms with Crippen molar-refractivity contribution in [1.82, 2.24) is 15.0 Å². The summed E-state index contributed by atoms with van der Waals surface area (Å²) in [5.74, 6) is 1.60. The van der Waals surface area contributed by atoms with Gasteiger partial charge >= 0.3 is 0 Å². The Morgan fingerprint density at radius 2 is 1.73 bits per heavy atom. The fraction of sp³-hybridized carbons (Fsp3) is 0.438. The van der Waals surface area contributed by atoms with Crippen LogP contribution in [0.5, 0.6) is 0 Å². The molecule has 118 valence electrons. The molecule has 0 amide bonds. The van der Waals surface area contributed by atoms with Crippen LogP contribution in [0.4, 0.5) is 17.6 Å². The van der Waals surface area contributed by atoms with Gasteiger partial charge in [0.25, 0.3) is 0 Å². The molecule has 6 heteroatoms. The third-order valence-corrected chi connectivity index (χ3v) is 3.25. The standard InChI is InChI=1S/C16H23N5O/c1-4-5-14(10-22)20-16-18-12(3)17-15(21-16)19-13-8-6-11(2)7-9-13/h6-9,14,22H,4-5,10H2,1-3H3,(H2,17,18,19,20,21)/t14-/m1/s1. The summed E-state index contributed by atoms with van der Waals surface area (Å²) in [5, 5.41) is 15.7. The molecule has 3 N–H and O–H groups in total. The van der Waals surface area contributed by atoms with Crippen molar-refractivity contribution in [1.29, 1.82) is 0 Å². The molecule has 1 heterocycles. The summed E-state index contributed by atoms with van der Waals surface area (Å²) < 4.78 is 0. The van der Waals surface area contributed by atoms with Gasteiger partial charge < -0.3 is 15.7 Å². The van der Waals surface area contributed by atoms with E-state index in [-0.39, 0.29) is 12.6 Å². The van der Waals surface area contributed by atoms with Crippen LogP contribution in [0.3, 0.4) is 0 Å². The number of hydrogen-bond donors (Lipinski definition) is 3. The molecule has 1 atom stereocenters. The summed E-state index contributed by atoms with van der Waals surface area (Å²) in [4.78, 5) is 12.9. The predicted molar refractivity (Wildman–Crippen MR) is 88.4 cm³/mol. The zero-order valence-corrected chi connectivity index (χ0v) is 13.3. The Morgan fingerprint density at radius 3 is 2.36 bits per heavy atom.